The van der Waals surface area contributed by atoms with E-state index in [2.05, 4.69) is 0 Å². The van der Waals surface area contributed by atoms with Crippen molar-refractivity contribution in [2.75, 3.05) is 0 Å². The predicted molar refractivity (Wildman–Crippen MR) is 69.9 cm³/mol. The number of hydrogen-bond acceptors (Lipinski definition) is 2. The summed E-state index contributed by atoms with van der Waals surface area (Å²) in [5.41, 5.74) is 1.29. The van der Waals surface area contributed by atoms with Gasteiger partial charge in [0, 0.05) is 12.6 Å². The third-order valence-corrected chi connectivity index (χ3v) is 3.17. The minimum Gasteiger partial charge on any atom is -0.481 e. The fraction of sp³-hybridized carbons (Fsp3) is 0.286. The molecule has 0 saturated carbocycles. The van der Waals surface area contributed by atoms with Gasteiger partial charge in [0.15, 0.2) is 0 Å². The van der Waals surface area contributed by atoms with Gasteiger partial charge in [-0.2, -0.15) is 0 Å². The van der Waals surface area contributed by atoms with E-state index in [1.165, 1.54) is 0 Å². The maximum atomic E-state index is 12.2. The van der Waals surface area contributed by atoms with E-state index in [1.54, 1.807) is 24.6 Å². The highest BCUT2D eigenvalue weighted by atomic mass is 16.4. The molecule has 2 aromatic rings. The molecule has 18 heavy (non-hydrogen) atoms. The van der Waals surface area contributed by atoms with E-state index >= 15 is 0 Å². The lowest BCUT2D eigenvalue weighted by Gasteiger charge is -2.12. The van der Waals surface area contributed by atoms with Crippen molar-refractivity contribution in [2.45, 2.75) is 19.3 Å². The van der Waals surface area contributed by atoms with Crippen molar-refractivity contribution in [3.63, 3.8) is 0 Å². The Morgan fingerprint density at radius 3 is 2.72 bits per heavy atom. The van der Waals surface area contributed by atoms with Crippen LogP contribution in [0.4, 0.5) is 0 Å². The highest BCUT2D eigenvalue weighted by molar-refractivity contribution is 5.79. The number of benzene rings is 1. The molecule has 0 aliphatic carbocycles. The zero-order chi connectivity index (χ0) is 13.3. The van der Waals surface area contributed by atoms with Gasteiger partial charge in [0.25, 0.3) is 5.56 Å². The van der Waals surface area contributed by atoms with Crippen LogP contribution in [-0.4, -0.2) is 15.6 Å². The summed E-state index contributed by atoms with van der Waals surface area (Å²) in [6.07, 6.45) is -0.0341. The Labute approximate surface area is 104 Å². The molecule has 0 spiro atoms. The molecular weight excluding hydrogens is 230 g/mol. The Kier molecular flexibility index (Phi) is 3.19. The summed E-state index contributed by atoms with van der Waals surface area (Å²) >= 11 is 0. The van der Waals surface area contributed by atoms with E-state index < -0.39 is 5.97 Å². The molecule has 1 N–H and O–H groups in total. The highest BCUT2D eigenvalue weighted by Crippen LogP contribution is 2.20. The third kappa shape index (κ3) is 2.14. The molecule has 1 unspecified atom stereocenters. The van der Waals surface area contributed by atoms with Gasteiger partial charge in [0.1, 0.15) is 0 Å². The number of rotatable bonds is 3. The van der Waals surface area contributed by atoms with Gasteiger partial charge in [-0.1, -0.05) is 25.1 Å². The summed E-state index contributed by atoms with van der Waals surface area (Å²) in [6, 6.07) is 9.37. The lowest BCUT2D eigenvalue weighted by molar-refractivity contribution is -0.137. The minimum atomic E-state index is -0.891. The molecule has 1 aromatic heterocycles. The fourth-order valence-corrected chi connectivity index (χ4v) is 2.17. The normalized spacial score (nSPS) is 12.6. The lowest BCUT2D eigenvalue weighted by atomic mass is 9.97. The summed E-state index contributed by atoms with van der Waals surface area (Å²) < 4.78 is 1.57. The van der Waals surface area contributed by atoms with Crippen molar-refractivity contribution in [3.05, 3.63) is 46.2 Å². The first-order chi connectivity index (χ1) is 8.50. The van der Waals surface area contributed by atoms with Crippen molar-refractivity contribution >= 4 is 16.9 Å². The van der Waals surface area contributed by atoms with Gasteiger partial charge in [-0.05, 0) is 23.4 Å². The van der Waals surface area contributed by atoms with E-state index in [4.69, 9.17) is 5.11 Å². The zero-order valence-electron chi connectivity index (χ0n) is 10.4. The molecule has 0 bridgehead atoms. The number of nitrogens with zero attached hydrogens (tertiary/aromatic N) is 1. The van der Waals surface area contributed by atoms with Crippen LogP contribution in [-0.2, 0) is 11.8 Å². The van der Waals surface area contributed by atoms with Crippen LogP contribution in [0.1, 0.15) is 24.8 Å². The van der Waals surface area contributed by atoms with Crippen molar-refractivity contribution < 1.29 is 9.90 Å². The Morgan fingerprint density at radius 2 is 2.06 bits per heavy atom. The van der Waals surface area contributed by atoms with Crippen LogP contribution in [0.5, 0.6) is 0 Å². The third-order valence-electron chi connectivity index (χ3n) is 3.17. The maximum absolute atomic E-state index is 12.2. The molecule has 2 rings (SSSR count). The second kappa shape index (κ2) is 4.64. The number of carbonyl (C=O) groups is 1. The smallest absolute Gasteiger partial charge is 0.303 e. The summed E-state index contributed by atoms with van der Waals surface area (Å²) in [5, 5.41) is 9.76. The van der Waals surface area contributed by atoms with E-state index in [0.29, 0.717) is 5.56 Å². The molecular formula is C14H15NO3. The molecule has 1 heterocycles. The van der Waals surface area contributed by atoms with Gasteiger partial charge in [-0.3, -0.25) is 9.59 Å². The minimum absolute atomic E-state index is 0.0341. The Bertz CT molecular complexity index is 658. The van der Waals surface area contributed by atoms with Gasteiger partial charge in [-0.15, -0.1) is 0 Å². The SMILES string of the molecule is CC(CC(=O)O)c1cc2ccccc2n(C)c1=O. The lowest BCUT2D eigenvalue weighted by Crippen LogP contribution is -2.23. The average Bonchev–Trinajstić information content (AvgIpc) is 2.33. The van der Waals surface area contributed by atoms with Gasteiger partial charge in [-0.25, -0.2) is 0 Å². The monoisotopic (exact) mass is 245 g/mol. The largest absolute Gasteiger partial charge is 0.481 e. The van der Waals surface area contributed by atoms with Gasteiger partial charge in [0.05, 0.1) is 11.9 Å². The number of aryl methyl sites for hydroxylation is 1. The van der Waals surface area contributed by atoms with Crippen molar-refractivity contribution in [3.8, 4) is 0 Å². The number of aliphatic carboxylic acids is 1. The molecule has 0 amide bonds. The predicted octanol–water partition coefficient (Wildman–Crippen LogP) is 2.12. The van der Waals surface area contributed by atoms with Gasteiger partial charge in [0.2, 0.25) is 0 Å². The van der Waals surface area contributed by atoms with Crippen molar-refractivity contribution in [1.82, 2.24) is 4.57 Å². The van der Waals surface area contributed by atoms with Gasteiger partial charge >= 0.3 is 5.97 Å². The fourth-order valence-electron chi connectivity index (χ4n) is 2.17. The number of hydrogen-bond donors (Lipinski definition) is 1. The Hall–Kier alpha value is -2.10. The first-order valence-electron chi connectivity index (χ1n) is 5.81. The molecule has 0 saturated heterocycles. The quantitative estimate of drug-likeness (QED) is 0.901. The van der Waals surface area contributed by atoms with Crippen molar-refractivity contribution in [1.29, 1.82) is 0 Å². The van der Waals surface area contributed by atoms with E-state index in [0.717, 1.165) is 10.9 Å². The summed E-state index contributed by atoms with van der Waals surface area (Å²) in [5.74, 6) is -1.18. The van der Waals surface area contributed by atoms with Gasteiger partial charge < -0.3 is 9.67 Å². The van der Waals surface area contributed by atoms with Crippen molar-refractivity contribution in [2.24, 2.45) is 7.05 Å². The van der Waals surface area contributed by atoms with Crippen LogP contribution >= 0.6 is 0 Å². The van der Waals surface area contributed by atoms with Crippen LogP contribution < -0.4 is 5.56 Å². The second-order valence-corrected chi connectivity index (χ2v) is 4.52. The topological polar surface area (TPSA) is 59.3 Å². The summed E-state index contributed by atoms with van der Waals surface area (Å²) in [6.45, 7) is 1.76. The molecule has 0 radical (unpaired) electrons. The molecule has 0 aliphatic rings. The van der Waals surface area contributed by atoms with Crippen LogP contribution in [0, 0.1) is 0 Å². The van der Waals surface area contributed by atoms with Crippen LogP contribution in [0.25, 0.3) is 10.9 Å². The number of carboxylic acid groups (broad SMARTS) is 1. The van der Waals surface area contributed by atoms with Crippen LogP contribution in [0.2, 0.25) is 0 Å². The highest BCUT2D eigenvalue weighted by Gasteiger charge is 2.15. The van der Waals surface area contributed by atoms with Crippen LogP contribution in [0.3, 0.4) is 0 Å². The Morgan fingerprint density at radius 1 is 1.39 bits per heavy atom. The number of pyridine rings is 1. The summed E-state index contributed by atoms with van der Waals surface area (Å²) in [7, 11) is 1.71. The molecule has 4 heteroatoms. The molecule has 4 nitrogen and oxygen atoms in total. The molecule has 94 valence electrons. The average molecular weight is 245 g/mol. The molecule has 0 fully saturated rings. The van der Waals surface area contributed by atoms with E-state index in [1.807, 2.05) is 24.3 Å². The molecule has 1 atom stereocenters. The first kappa shape index (κ1) is 12.4. The van der Waals surface area contributed by atoms with E-state index in [-0.39, 0.29) is 17.9 Å². The molecule has 0 aliphatic heterocycles. The number of para-hydroxylation sites is 1. The van der Waals surface area contributed by atoms with Crippen LogP contribution in [0.15, 0.2) is 35.1 Å². The number of fused-ring (bicyclic) bond motifs is 1. The zero-order valence-corrected chi connectivity index (χ0v) is 10.4. The second-order valence-electron chi connectivity index (χ2n) is 4.52. The Balaban J connectivity index is 2.62. The standard InChI is InChI=1S/C14H15NO3/c1-9(7-13(16)17)11-8-10-5-3-4-6-12(10)15(2)14(11)18/h3-6,8-9H,7H2,1-2H3,(H,16,17). The maximum Gasteiger partial charge on any atom is 0.303 e. The first-order valence-corrected chi connectivity index (χ1v) is 5.81. The van der Waals surface area contributed by atoms with E-state index in [9.17, 15) is 9.59 Å². The summed E-state index contributed by atoms with van der Waals surface area (Å²) in [4.78, 5) is 22.9. The number of aromatic nitrogens is 1. The molecule has 1 aromatic carbocycles. The number of carboxylic acids is 1.